The molecule has 0 aliphatic rings. The second-order valence-corrected chi connectivity index (χ2v) is 5.88. The minimum atomic E-state index is -0.880. The highest BCUT2D eigenvalue weighted by molar-refractivity contribution is 9.09. The van der Waals surface area contributed by atoms with Crippen LogP contribution in [0.2, 0.25) is 0 Å². The van der Waals surface area contributed by atoms with Crippen LogP contribution in [0, 0.1) is 0 Å². The standard InChI is InChI=1S/C18H21BrO/c19-15-9-3-8-14-18(20,16-10-4-1-5-11-16)17-12-6-2-7-13-17/h1-2,4-7,10-13,20H,3,8-9,14-15H2. The number of alkyl halides is 1. The minimum absolute atomic E-state index is 0.758. The van der Waals surface area contributed by atoms with E-state index in [1.54, 1.807) is 0 Å². The summed E-state index contributed by atoms with van der Waals surface area (Å²) < 4.78 is 0. The number of aliphatic hydroxyl groups is 1. The van der Waals surface area contributed by atoms with Crippen molar-refractivity contribution in [1.29, 1.82) is 0 Å². The second kappa shape index (κ2) is 7.61. The Morgan fingerprint density at radius 1 is 0.750 bits per heavy atom. The van der Waals surface area contributed by atoms with Crippen LogP contribution in [-0.4, -0.2) is 10.4 Å². The Labute approximate surface area is 129 Å². The van der Waals surface area contributed by atoms with Crippen LogP contribution in [0.5, 0.6) is 0 Å². The maximum atomic E-state index is 11.2. The first-order valence-corrected chi connectivity index (χ1v) is 8.29. The van der Waals surface area contributed by atoms with E-state index >= 15 is 0 Å². The molecule has 0 unspecified atom stereocenters. The van der Waals surface area contributed by atoms with Crippen molar-refractivity contribution in [2.75, 3.05) is 5.33 Å². The maximum absolute atomic E-state index is 11.2. The number of hydrogen-bond donors (Lipinski definition) is 1. The molecule has 0 radical (unpaired) electrons. The van der Waals surface area contributed by atoms with Gasteiger partial charge in [0.05, 0.1) is 0 Å². The monoisotopic (exact) mass is 332 g/mol. The highest BCUT2D eigenvalue weighted by atomic mass is 79.9. The quantitative estimate of drug-likeness (QED) is 0.566. The van der Waals surface area contributed by atoms with E-state index in [0.29, 0.717) is 0 Å². The van der Waals surface area contributed by atoms with Gasteiger partial charge in [0.15, 0.2) is 0 Å². The molecular formula is C18H21BrO. The van der Waals surface area contributed by atoms with Gasteiger partial charge in [-0.3, -0.25) is 0 Å². The summed E-state index contributed by atoms with van der Waals surface area (Å²) in [7, 11) is 0. The van der Waals surface area contributed by atoms with E-state index in [1.165, 1.54) is 0 Å². The maximum Gasteiger partial charge on any atom is 0.115 e. The van der Waals surface area contributed by atoms with Gasteiger partial charge >= 0.3 is 0 Å². The van der Waals surface area contributed by atoms with Gasteiger partial charge in [0.1, 0.15) is 5.60 Å². The molecule has 1 nitrogen and oxygen atoms in total. The van der Waals surface area contributed by atoms with E-state index in [0.717, 1.165) is 42.1 Å². The Bertz CT molecular complexity index is 456. The van der Waals surface area contributed by atoms with Crippen molar-refractivity contribution >= 4 is 15.9 Å². The number of halogens is 1. The Kier molecular flexibility index (Phi) is 5.81. The third-order valence-corrected chi connectivity index (χ3v) is 4.24. The van der Waals surface area contributed by atoms with Crippen molar-refractivity contribution in [3.8, 4) is 0 Å². The molecule has 0 atom stereocenters. The van der Waals surface area contributed by atoms with Crippen LogP contribution in [-0.2, 0) is 5.60 Å². The van der Waals surface area contributed by atoms with Crippen LogP contribution in [0.25, 0.3) is 0 Å². The molecule has 2 rings (SSSR count). The predicted molar refractivity (Wildman–Crippen MR) is 88.1 cm³/mol. The molecule has 0 aromatic heterocycles. The van der Waals surface area contributed by atoms with E-state index in [1.807, 2.05) is 60.7 Å². The molecule has 0 fully saturated rings. The van der Waals surface area contributed by atoms with Crippen LogP contribution in [0.3, 0.4) is 0 Å². The van der Waals surface area contributed by atoms with Gasteiger partial charge in [-0.15, -0.1) is 0 Å². The lowest BCUT2D eigenvalue weighted by Gasteiger charge is -2.29. The zero-order valence-electron chi connectivity index (χ0n) is 11.6. The van der Waals surface area contributed by atoms with E-state index in [4.69, 9.17) is 0 Å². The molecule has 106 valence electrons. The van der Waals surface area contributed by atoms with Gasteiger partial charge in [-0.05, 0) is 30.4 Å². The molecule has 2 aromatic carbocycles. The zero-order chi connectivity index (χ0) is 14.3. The van der Waals surface area contributed by atoms with Crippen molar-refractivity contribution in [1.82, 2.24) is 0 Å². The topological polar surface area (TPSA) is 20.2 Å². The Hall–Kier alpha value is -1.12. The van der Waals surface area contributed by atoms with E-state index in [9.17, 15) is 5.11 Å². The molecule has 0 heterocycles. The van der Waals surface area contributed by atoms with E-state index in [2.05, 4.69) is 15.9 Å². The van der Waals surface area contributed by atoms with Gasteiger partial charge in [0, 0.05) is 5.33 Å². The lowest BCUT2D eigenvalue weighted by molar-refractivity contribution is 0.0680. The van der Waals surface area contributed by atoms with Crippen LogP contribution in [0.1, 0.15) is 36.8 Å². The Balaban J connectivity index is 2.24. The highest BCUT2D eigenvalue weighted by Crippen LogP contribution is 2.34. The summed E-state index contributed by atoms with van der Waals surface area (Å²) in [5.74, 6) is 0. The first kappa shape index (κ1) is 15.3. The summed E-state index contributed by atoms with van der Waals surface area (Å²) in [6.45, 7) is 0. The Morgan fingerprint density at radius 2 is 1.25 bits per heavy atom. The van der Waals surface area contributed by atoms with Gasteiger partial charge in [-0.25, -0.2) is 0 Å². The molecular weight excluding hydrogens is 312 g/mol. The molecule has 0 aliphatic heterocycles. The first-order valence-electron chi connectivity index (χ1n) is 7.17. The first-order chi connectivity index (χ1) is 9.77. The predicted octanol–water partition coefficient (Wildman–Crippen LogP) is 4.88. The van der Waals surface area contributed by atoms with Gasteiger partial charge in [0.25, 0.3) is 0 Å². The summed E-state index contributed by atoms with van der Waals surface area (Å²) in [5.41, 5.74) is 1.07. The lowest BCUT2D eigenvalue weighted by Crippen LogP contribution is -2.27. The van der Waals surface area contributed by atoms with Crippen LogP contribution in [0.15, 0.2) is 60.7 Å². The largest absolute Gasteiger partial charge is 0.380 e. The number of hydrogen-bond acceptors (Lipinski definition) is 1. The fourth-order valence-corrected chi connectivity index (χ4v) is 2.93. The third-order valence-electron chi connectivity index (χ3n) is 3.67. The van der Waals surface area contributed by atoms with Gasteiger partial charge in [0.2, 0.25) is 0 Å². The van der Waals surface area contributed by atoms with Crippen molar-refractivity contribution in [2.24, 2.45) is 0 Å². The van der Waals surface area contributed by atoms with Gasteiger partial charge in [-0.2, -0.15) is 0 Å². The van der Waals surface area contributed by atoms with E-state index in [-0.39, 0.29) is 0 Å². The van der Waals surface area contributed by atoms with Crippen LogP contribution >= 0.6 is 15.9 Å². The van der Waals surface area contributed by atoms with Crippen molar-refractivity contribution in [3.63, 3.8) is 0 Å². The molecule has 0 amide bonds. The summed E-state index contributed by atoms with van der Waals surface area (Å²) in [6.07, 6.45) is 4.06. The highest BCUT2D eigenvalue weighted by Gasteiger charge is 2.30. The third kappa shape index (κ3) is 3.71. The van der Waals surface area contributed by atoms with Crippen LogP contribution in [0.4, 0.5) is 0 Å². The molecule has 2 aromatic rings. The summed E-state index contributed by atoms with van der Waals surface area (Å²) >= 11 is 3.46. The summed E-state index contributed by atoms with van der Waals surface area (Å²) in [4.78, 5) is 0. The number of rotatable bonds is 7. The van der Waals surface area contributed by atoms with Crippen LogP contribution < -0.4 is 0 Å². The smallest absolute Gasteiger partial charge is 0.115 e. The Morgan fingerprint density at radius 3 is 1.70 bits per heavy atom. The van der Waals surface area contributed by atoms with Crippen molar-refractivity contribution < 1.29 is 5.11 Å². The van der Waals surface area contributed by atoms with Crippen molar-refractivity contribution in [3.05, 3.63) is 71.8 Å². The molecule has 0 bridgehead atoms. The zero-order valence-corrected chi connectivity index (χ0v) is 13.2. The fraction of sp³-hybridized carbons (Fsp3) is 0.333. The SMILES string of the molecule is OC(CCCCCBr)(c1ccccc1)c1ccccc1. The normalized spacial score (nSPS) is 11.5. The number of benzene rings is 2. The second-order valence-electron chi connectivity index (χ2n) is 5.09. The molecule has 0 spiro atoms. The summed E-state index contributed by atoms with van der Waals surface area (Å²) in [5, 5.41) is 12.3. The van der Waals surface area contributed by atoms with Gasteiger partial charge in [-0.1, -0.05) is 83.0 Å². The molecule has 0 saturated heterocycles. The molecule has 2 heteroatoms. The van der Waals surface area contributed by atoms with E-state index < -0.39 is 5.60 Å². The molecule has 0 aliphatic carbocycles. The average Bonchev–Trinajstić information content (AvgIpc) is 2.53. The average molecular weight is 333 g/mol. The minimum Gasteiger partial charge on any atom is -0.380 e. The van der Waals surface area contributed by atoms with Crippen molar-refractivity contribution in [2.45, 2.75) is 31.3 Å². The molecule has 1 N–H and O–H groups in total. The molecule has 0 saturated carbocycles. The number of unbranched alkanes of at least 4 members (excludes halogenated alkanes) is 2. The lowest BCUT2D eigenvalue weighted by atomic mass is 9.82. The van der Waals surface area contributed by atoms with Gasteiger partial charge < -0.3 is 5.11 Å². The fourth-order valence-electron chi connectivity index (χ4n) is 2.54. The molecule has 20 heavy (non-hydrogen) atoms. The summed E-state index contributed by atoms with van der Waals surface area (Å²) in [6, 6.07) is 20.0.